The highest BCUT2D eigenvalue weighted by Crippen LogP contribution is 2.29. The van der Waals surface area contributed by atoms with Crippen molar-refractivity contribution in [3.05, 3.63) is 58.7 Å². The number of fused-ring (bicyclic) bond motifs is 3. The van der Waals surface area contributed by atoms with E-state index in [-0.39, 0.29) is 0 Å². The van der Waals surface area contributed by atoms with Gasteiger partial charge in [0.2, 0.25) is 0 Å². The summed E-state index contributed by atoms with van der Waals surface area (Å²) in [4.78, 5) is 8.26. The molecule has 0 aromatic carbocycles. The lowest BCUT2D eigenvalue weighted by molar-refractivity contribution is -0.141. The molecule has 0 atom stereocenters. The van der Waals surface area contributed by atoms with Crippen LogP contribution < -0.4 is 5.32 Å². The molecule has 7 heteroatoms. The van der Waals surface area contributed by atoms with Crippen molar-refractivity contribution in [2.45, 2.75) is 39.0 Å². The van der Waals surface area contributed by atoms with Gasteiger partial charge in [-0.3, -0.25) is 9.97 Å². The molecule has 0 saturated heterocycles. The molecule has 4 rings (SSSR count). The normalized spacial score (nSPS) is 14.6. The summed E-state index contributed by atoms with van der Waals surface area (Å²) in [5.74, 6) is 0. The first-order valence-corrected chi connectivity index (χ1v) is 8.64. The molecule has 0 saturated carbocycles. The molecule has 4 nitrogen and oxygen atoms in total. The molecule has 3 aromatic heterocycles. The molecular weight excluding hydrogens is 341 g/mol. The molecule has 26 heavy (non-hydrogen) atoms. The van der Waals surface area contributed by atoms with Gasteiger partial charge in [0.05, 0.1) is 11.0 Å². The number of nitrogens with one attached hydrogen (secondary N) is 1. The number of nitrogens with zero attached hydrogens (tertiary/aromatic N) is 3. The van der Waals surface area contributed by atoms with Gasteiger partial charge in [0.25, 0.3) is 0 Å². The minimum absolute atomic E-state index is 0.628. The van der Waals surface area contributed by atoms with Gasteiger partial charge in [-0.1, -0.05) is 6.07 Å². The summed E-state index contributed by atoms with van der Waals surface area (Å²) >= 11 is 0. The van der Waals surface area contributed by atoms with Crippen LogP contribution in [-0.2, 0) is 32.1 Å². The number of aromatic nitrogens is 3. The van der Waals surface area contributed by atoms with Crippen LogP contribution in [0.1, 0.15) is 28.2 Å². The average molecular weight is 360 g/mol. The third kappa shape index (κ3) is 3.07. The van der Waals surface area contributed by atoms with Crippen molar-refractivity contribution < 1.29 is 13.2 Å². The predicted octanol–water partition coefficient (Wildman–Crippen LogP) is 3.65. The molecule has 0 fully saturated rings. The molecule has 3 aromatic rings. The topological polar surface area (TPSA) is 42.7 Å². The Bertz CT molecular complexity index is 942. The third-order valence-electron chi connectivity index (χ3n) is 4.84. The highest BCUT2D eigenvalue weighted by Gasteiger charge is 2.32. The zero-order chi connectivity index (χ0) is 18.3. The van der Waals surface area contributed by atoms with Gasteiger partial charge in [0.1, 0.15) is 5.69 Å². The van der Waals surface area contributed by atoms with Crippen LogP contribution in [0, 0.1) is 6.92 Å². The van der Waals surface area contributed by atoms with Crippen molar-refractivity contribution in [2.24, 2.45) is 0 Å². The second-order valence-electron chi connectivity index (χ2n) is 6.62. The van der Waals surface area contributed by atoms with Crippen molar-refractivity contribution in [3.8, 4) is 0 Å². The number of halogens is 3. The fraction of sp³-hybridized carbons (Fsp3) is 0.368. The van der Waals surface area contributed by atoms with E-state index in [1.807, 2.05) is 13.0 Å². The zero-order valence-electron chi connectivity index (χ0n) is 14.4. The Morgan fingerprint density at radius 1 is 1.19 bits per heavy atom. The summed E-state index contributed by atoms with van der Waals surface area (Å²) in [6, 6.07) is 6.64. The van der Waals surface area contributed by atoms with Gasteiger partial charge in [-0.25, -0.2) is 0 Å². The van der Waals surface area contributed by atoms with Crippen molar-refractivity contribution in [3.63, 3.8) is 0 Å². The first kappa shape index (κ1) is 17.0. The van der Waals surface area contributed by atoms with Crippen LogP contribution in [-0.4, -0.2) is 21.1 Å². The van der Waals surface area contributed by atoms with Crippen molar-refractivity contribution in [2.75, 3.05) is 6.54 Å². The molecule has 0 spiro atoms. The first-order chi connectivity index (χ1) is 12.4. The van der Waals surface area contributed by atoms with Crippen LogP contribution >= 0.6 is 0 Å². The van der Waals surface area contributed by atoms with Crippen molar-refractivity contribution >= 4 is 11.0 Å². The van der Waals surface area contributed by atoms with E-state index < -0.39 is 11.9 Å². The smallest absolute Gasteiger partial charge is 0.343 e. The van der Waals surface area contributed by atoms with Gasteiger partial charge in [0.15, 0.2) is 0 Å². The monoisotopic (exact) mass is 360 g/mol. The molecule has 1 aliphatic rings. The molecular formula is C19H19F3N4. The lowest BCUT2D eigenvalue weighted by Crippen LogP contribution is -2.25. The van der Waals surface area contributed by atoms with Crippen LogP contribution in [0.25, 0.3) is 11.0 Å². The quantitative estimate of drug-likeness (QED) is 0.775. The Hall–Kier alpha value is -2.41. The maximum atomic E-state index is 12.6. The van der Waals surface area contributed by atoms with E-state index >= 15 is 0 Å². The number of rotatable bonds is 3. The molecule has 1 aliphatic heterocycles. The molecule has 0 unspecified atom stereocenters. The van der Waals surface area contributed by atoms with Gasteiger partial charge in [-0.05, 0) is 37.1 Å². The molecule has 0 aliphatic carbocycles. The standard InChI is InChI=1S/C19H19F3N4/c1-12-2-4-16-18(25-12)14-11-23-8-6-15(14)26(16)9-7-13-3-5-17(24-10-13)19(20,21)22/h2-5,10,23H,6-9,11H2,1H3. The largest absolute Gasteiger partial charge is 0.433 e. The first-order valence-electron chi connectivity index (χ1n) is 8.64. The van der Waals surface area contributed by atoms with E-state index in [2.05, 4.69) is 20.9 Å². The third-order valence-corrected chi connectivity index (χ3v) is 4.84. The van der Waals surface area contributed by atoms with Crippen LogP contribution in [0.2, 0.25) is 0 Å². The Morgan fingerprint density at radius 2 is 2.04 bits per heavy atom. The Labute approximate surface area is 149 Å². The number of hydrogen-bond donors (Lipinski definition) is 1. The summed E-state index contributed by atoms with van der Waals surface area (Å²) in [5.41, 5.74) is 5.55. The lowest BCUT2D eigenvalue weighted by Gasteiger charge is -2.17. The van der Waals surface area contributed by atoms with Gasteiger partial charge >= 0.3 is 6.18 Å². The molecule has 136 valence electrons. The predicted molar refractivity (Wildman–Crippen MR) is 92.8 cm³/mol. The maximum absolute atomic E-state index is 12.6. The van der Waals surface area contributed by atoms with E-state index in [1.165, 1.54) is 23.5 Å². The Kier molecular flexibility index (Phi) is 4.19. The maximum Gasteiger partial charge on any atom is 0.433 e. The molecule has 1 N–H and O–H groups in total. The summed E-state index contributed by atoms with van der Waals surface area (Å²) in [6.07, 6.45) is -1.52. The van der Waals surface area contributed by atoms with Gasteiger partial charge in [0, 0.05) is 49.2 Å². The van der Waals surface area contributed by atoms with E-state index in [4.69, 9.17) is 4.98 Å². The summed E-state index contributed by atoms with van der Waals surface area (Å²) < 4.78 is 40.2. The molecule has 0 bridgehead atoms. The fourth-order valence-corrected chi connectivity index (χ4v) is 3.56. The summed E-state index contributed by atoms with van der Waals surface area (Å²) in [5, 5.41) is 3.39. The highest BCUT2D eigenvalue weighted by atomic mass is 19.4. The van der Waals surface area contributed by atoms with E-state index in [0.29, 0.717) is 13.0 Å². The molecule has 0 amide bonds. The van der Waals surface area contributed by atoms with Crippen LogP contribution in [0.4, 0.5) is 13.2 Å². The number of hydrogen-bond acceptors (Lipinski definition) is 3. The van der Waals surface area contributed by atoms with E-state index in [9.17, 15) is 13.2 Å². The minimum Gasteiger partial charge on any atom is -0.343 e. The van der Waals surface area contributed by atoms with Gasteiger partial charge in [-0.15, -0.1) is 0 Å². The number of alkyl halides is 3. The highest BCUT2D eigenvalue weighted by molar-refractivity contribution is 5.82. The number of pyridine rings is 2. The second kappa shape index (κ2) is 6.39. The van der Waals surface area contributed by atoms with Crippen LogP contribution in [0.15, 0.2) is 30.5 Å². The summed E-state index contributed by atoms with van der Waals surface area (Å²) in [6.45, 7) is 4.40. The Balaban J connectivity index is 1.63. The van der Waals surface area contributed by atoms with Gasteiger partial charge < -0.3 is 9.88 Å². The van der Waals surface area contributed by atoms with Gasteiger partial charge in [-0.2, -0.15) is 13.2 Å². The van der Waals surface area contributed by atoms with Crippen molar-refractivity contribution in [1.82, 2.24) is 19.9 Å². The zero-order valence-corrected chi connectivity index (χ0v) is 14.4. The van der Waals surface area contributed by atoms with Crippen LogP contribution in [0.3, 0.4) is 0 Å². The fourth-order valence-electron chi connectivity index (χ4n) is 3.56. The van der Waals surface area contributed by atoms with E-state index in [0.717, 1.165) is 47.9 Å². The number of aryl methyl sites for hydroxylation is 3. The van der Waals surface area contributed by atoms with E-state index in [1.54, 1.807) is 0 Å². The average Bonchev–Trinajstić information content (AvgIpc) is 2.93. The second-order valence-corrected chi connectivity index (χ2v) is 6.62. The SMILES string of the molecule is Cc1ccc2c(n1)c1c(n2CCc2ccc(C(F)(F)F)nc2)CCNC1. The minimum atomic E-state index is -4.40. The van der Waals surface area contributed by atoms with Crippen molar-refractivity contribution in [1.29, 1.82) is 0 Å². The molecule has 4 heterocycles. The summed E-state index contributed by atoms with van der Waals surface area (Å²) in [7, 11) is 0. The lowest BCUT2D eigenvalue weighted by atomic mass is 10.1. The van der Waals surface area contributed by atoms with Crippen LogP contribution in [0.5, 0.6) is 0 Å². The molecule has 0 radical (unpaired) electrons. The Morgan fingerprint density at radius 3 is 2.77 bits per heavy atom.